The van der Waals surface area contributed by atoms with Crippen molar-refractivity contribution >= 4 is 22.8 Å². The molecule has 3 heteroatoms. The predicted octanol–water partition coefficient (Wildman–Crippen LogP) is 9.89. The van der Waals surface area contributed by atoms with E-state index in [4.69, 9.17) is 15.0 Å². The number of aromatic nitrogens is 1. The van der Waals surface area contributed by atoms with Crippen LogP contribution in [-0.4, -0.2) is 16.4 Å². The molecular formula is C39H39N3. The number of pyridine rings is 1. The van der Waals surface area contributed by atoms with Crippen LogP contribution in [0.5, 0.6) is 0 Å². The molecule has 0 radical (unpaired) electrons. The molecule has 3 nitrogen and oxygen atoms in total. The molecule has 4 aromatic carbocycles. The van der Waals surface area contributed by atoms with Crippen molar-refractivity contribution in [2.24, 2.45) is 9.98 Å². The molecule has 5 aromatic rings. The maximum atomic E-state index is 5.34. The summed E-state index contributed by atoms with van der Waals surface area (Å²) >= 11 is 0. The van der Waals surface area contributed by atoms with E-state index in [1.54, 1.807) is 0 Å². The van der Waals surface area contributed by atoms with Crippen LogP contribution in [0.3, 0.4) is 0 Å². The summed E-state index contributed by atoms with van der Waals surface area (Å²) in [7, 11) is 0. The van der Waals surface area contributed by atoms with Gasteiger partial charge in [-0.25, -0.2) is 15.0 Å². The molecule has 42 heavy (non-hydrogen) atoms. The van der Waals surface area contributed by atoms with Gasteiger partial charge in [-0.3, -0.25) is 0 Å². The van der Waals surface area contributed by atoms with Gasteiger partial charge in [0, 0.05) is 11.1 Å². The van der Waals surface area contributed by atoms with Crippen molar-refractivity contribution in [2.75, 3.05) is 0 Å². The molecule has 0 N–H and O–H groups in total. The maximum absolute atomic E-state index is 5.34. The van der Waals surface area contributed by atoms with Crippen LogP contribution >= 0.6 is 0 Å². The zero-order valence-corrected chi connectivity index (χ0v) is 26.0. The van der Waals surface area contributed by atoms with Crippen LogP contribution in [0.25, 0.3) is 0 Å². The molecule has 0 fully saturated rings. The smallest absolute Gasteiger partial charge is 0.0966 e. The van der Waals surface area contributed by atoms with E-state index >= 15 is 0 Å². The quantitative estimate of drug-likeness (QED) is 0.194. The molecule has 1 heterocycles. The number of rotatable bonds is 6. The number of nitrogens with zero attached hydrogens (tertiary/aromatic N) is 3. The van der Waals surface area contributed by atoms with Crippen molar-refractivity contribution in [3.8, 4) is 0 Å². The van der Waals surface area contributed by atoms with Gasteiger partial charge in [0.15, 0.2) is 0 Å². The minimum Gasteiger partial charge on any atom is -0.246 e. The zero-order valence-electron chi connectivity index (χ0n) is 26.0. The van der Waals surface area contributed by atoms with Crippen molar-refractivity contribution in [3.05, 3.63) is 158 Å². The molecule has 0 amide bonds. The van der Waals surface area contributed by atoms with Crippen LogP contribution in [0.4, 0.5) is 11.4 Å². The Morgan fingerprint density at radius 3 is 1.10 bits per heavy atom. The van der Waals surface area contributed by atoms with Crippen molar-refractivity contribution in [1.82, 2.24) is 4.98 Å². The van der Waals surface area contributed by atoms with E-state index in [-0.39, 0.29) is 0 Å². The van der Waals surface area contributed by atoms with Crippen molar-refractivity contribution in [3.63, 3.8) is 0 Å². The summed E-state index contributed by atoms with van der Waals surface area (Å²) < 4.78 is 0. The highest BCUT2D eigenvalue weighted by Gasteiger charge is 2.17. The molecule has 0 unspecified atom stereocenters. The van der Waals surface area contributed by atoms with Crippen molar-refractivity contribution in [1.29, 1.82) is 0 Å². The van der Waals surface area contributed by atoms with Gasteiger partial charge in [-0.1, -0.05) is 78.9 Å². The van der Waals surface area contributed by atoms with E-state index in [1.165, 1.54) is 44.5 Å². The number of benzene rings is 4. The Balaban J connectivity index is 1.76. The highest BCUT2D eigenvalue weighted by Crippen LogP contribution is 2.32. The molecule has 210 valence electrons. The van der Waals surface area contributed by atoms with E-state index in [1.807, 2.05) is 12.1 Å². The van der Waals surface area contributed by atoms with Gasteiger partial charge in [-0.05, 0) is 112 Å². The lowest BCUT2D eigenvalue weighted by Crippen LogP contribution is -2.12. The minimum absolute atomic E-state index is 0.814. The SMILES string of the molecule is Cc1cc(C)c(C)c(N=C(c2ccccc2)c2cccc(C(=Nc3c(C)c(C)cc(C)c3C)c3ccccc3)n2)c1C. The molecule has 0 atom stereocenters. The first-order valence-corrected chi connectivity index (χ1v) is 14.6. The normalized spacial score (nSPS) is 12.1. The summed E-state index contributed by atoms with van der Waals surface area (Å²) in [6.45, 7) is 17.2. The summed E-state index contributed by atoms with van der Waals surface area (Å²) in [4.78, 5) is 16.0. The summed E-state index contributed by atoms with van der Waals surface area (Å²) in [6.07, 6.45) is 0. The van der Waals surface area contributed by atoms with E-state index in [0.29, 0.717) is 0 Å². The van der Waals surface area contributed by atoms with Crippen molar-refractivity contribution in [2.45, 2.75) is 55.4 Å². The van der Waals surface area contributed by atoms with Gasteiger partial charge >= 0.3 is 0 Å². The third-order valence-corrected chi connectivity index (χ3v) is 8.43. The molecule has 0 saturated heterocycles. The summed E-state index contributed by atoms with van der Waals surface area (Å²) in [5.41, 5.74) is 17.1. The first-order valence-electron chi connectivity index (χ1n) is 14.6. The van der Waals surface area contributed by atoms with E-state index < -0.39 is 0 Å². The molecule has 1 aromatic heterocycles. The number of hydrogen-bond donors (Lipinski definition) is 0. The van der Waals surface area contributed by atoms with Gasteiger partial charge in [0.1, 0.15) is 0 Å². The summed E-state index contributed by atoms with van der Waals surface area (Å²) in [5, 5.41) is 0. The average molecular weight is 550 g/mol. The van der Waals surface area contributed by atoms with E-state index in [0.717, 1.165) is 45.3 Å². The van der Waals surface area contributed by atoms with Gasteiger partial charge in [-0.2, -0.15) is 0 Å². The fraction of sp³-hybridized carbons (Fsp3) is 0.205. The van der Waals surface area contributed by atoms with Crippen LogP contribution in [-0.2, 0) is 0 Å². The largest absolute Gasteiger partial charge is 0.246 e. The third-order valence-electron chi connectivity index (χ3n) is 8.43. The van der Waals surface area contributed by atoms with Crippen LogP contribution in [0.15, 0.2) is 101 Å². The van der Waals surface area contributed by atoms with Crippen LogP contribution in [0, 0.1) is 55.4 Å². The Hall–Kier alpha value is -4.63. The highest BCUT2D eigenvalue weighted by molar-refractivity contribution is 6.16. The number of hydrogen-bond acceptors (Lipinski definition) is 3. The predicted molar refractivity (Wildman–Crippen MR) is 178 cm³/mol. The number of aryl methyl sites for hydroxylation is 4. The second-order valence-corrected chi connectivity index (χ2v) is 11.3. The molecular weight excluding hydrogens is 510 g/mol. The Morgan fingerprint density at radius 2 is 0.762 bits per heavy atom. The minimum atomic E-state index is 0.814. The topological polar surface area (TPSA) is 37.6 Å². The van der Waals surface area contributed by atoms with Crippen LogP contribution in [0.1, 0.15) is 67.0 Å². The molecule has 5 rings (SSSR count). The first kappa shape index (κ1) is 28.9. The fourth-order valence-corrected chi connectivity index (χ4v) is 5.38. The molecule has 0 aliphatic rings. The average Bonchev–Trinajstić information content (AvgIpc) is 3.00. The highest BCUT2D eigenvalue weighted by atomic mass is 14.9. The fourth-order valence-electron chi connectivity index (χ4n) is 5.38. The lowest BCUT2D eigenvalue weighted by Gasteiger charge is -2.16. The van der Waals surface area contributed by atoms with E-state index in [9.17, 15) is 0 Å². The van der Waals surface area contributed by atoms with Gasteiger partial charge in [-0.15, -0.1) is 0 Å². The molecule has 0 aliphatic carbocycles. The summed E-state index contributed by atoms with van der Waals surface area (Å²) in [6, 6.07) is 31.4. The second-order valence-electron chi connectivity index (χ2n) is 11.3. The Bertz CT molecular complexity index is 1640. The molecule has 0 bridgehead atoms. The van der Waals surface area contributed by atoms with Crippen LogP contribution < -0.4 is 0 Å². The van der Waals surface area contributed by atoms with Gasteiger partial charge in [0.25, 0.3) is 0 Å². The lowest BCUT2D eigenvalue weighted by atomic mass is 9.97. The molecule has 0 spiro atoms. The van der Waals surface area contributed by atoms with Gasteiger partial charge in [0.05, 0.1) is 34.2 Å². The van der Waals surface area contributed by atoms with E-state index in [2.05, 4.69) is 134 Å². The first-order chi connectivity index (χ1) is 20.2. The van der Waals surface area contributed by atoms with Crippen LogP contribution in [0.2, 0.25) is 0 Å². The van der Waals surface area contributed by atoms with Gasteiger partial charge < -0.3 is 0 Å². The third kappa shape index (κ3) is 5.73. The summed E-state index contributed by atoms with van der Waals surface area (Å²) in [5.74, 6) is 0. The Kier molecular flexibility index (Phi) is 8.31. The Labute approximate surface area is 250 Å². The number of aliphatic imine (C=N–C) groups is 2. The second kappa shape index (κ2) is 12.1. The van der Waals surface area contributed by atoms with Gasteiger partial charge in [0.2, 0.25) is 0 Å². The molecule has 0 aliphatic heterocycles. The molecule has 0 saturated carbocycles. The lowest BCUT2D eigenvalue weighted by molar-refractivity contribution is 1.20. The van der Waals surface area contributed by atoms with Crippen molar-refractivity contribution < 1.29 is 0 Å². The Morgan fingerprint density at radius 1 is 0.429 bits per heavy atom. The standard InChI is InChI=1S/C39H39N3/c1-24-22-25(2)29(6)36(28(24)5)41-38(32-16-11-9-12-17-32)34-20-15-21-35(40-34)39(33-18-13-10-14-19-33)42-37-30(7)26(3)23-27(4)31(37)8/h9-23H,1-8H3. The maximum Gasteiger partial charge on any atom is 0.0966 e. The monoisotopic (exact) mass is 549 g/mol. The zero-order chi connectivity index (χ0) is 30.0.